The van der Waals surface area contributed by atoms with Gasteiger partial charge < -0.3 is 26.1 Å². The minimum absolute atomic E-state index is 0.898. The average Bonchev–Trinajstić information content (AvgIpc) is 2.65. The third-order valence-corrected chi connectivity index (χ3v) is 20.8. The molecule has 176 valence electrons. The van der Waals surface area contributed by atoms with Crippen molar-refractivity contribution in [1.29, 1.82) is 0 Å². The highest BCUT2D eigenvalue weighted by Crippen LogP contribution is 2.26. The molecule has 11 heteroatoms. The third-order valence-electron chi connectivity index (χ3n) is 4.36. The first kappa shape index (κ1) is 27.3. The summed E-state index contributed by atoms with van der Waals surface area (Å²) in [5, 5.41) is 1.80. The Morgan fingerprint density at radius 2 is 1.03 bits per heavy atom. The maximum absolute atomic E-state index is 10.6. The van der Waals surface area contributed by atoms with Crippen LogP contribution in [0.1, 0.15) is 0 Å². The van der Waals surface area contributed by atoms with E-state index in [0.717, 1.165) is 10.4 Å². The smallest absolute Gasteiger partial charge is 0.389 e. The molecule has 1 unspecified atom stereocenters. The molecule has 0 bridgehead atoms. The zero-order chi connectivity index (χ0) is 24.3. The summed E-state index contributed by atoms with van der Waals surface area (Å²) in [6.07, 6.45) is 0. The fourth-order valence-corrected chi connectivity index (χ4v) is 23.2. The van der Waals surface area contributed by atoms with Crippen molar-refractivity contribution in [2.75, 3.05) is 0 Å². The summed E-state index contributed by atoms with van der Waals surface area (Å²) in [4.78, 5) is 21.1. The summed E-state index contributed by atoms with van der Waals surface area (Å²) in [7, 11) is -15.2. The SMILES string of the molecule is C=C[Si](C)(O[Si](C)(C)O)O[Si](O[Si](C)(C)O[Si](C)(C)O)(c1ccccc1)c1ccccc1. The lowest BCUT2D eigenvalue weighted by Gasteiger charge is -2.44. The Bertz CT molecular complexity index is 844. The summed E-state index contributed by atoms with van der Waals surface area (Å²) in [5.74, 6) is 0. The molecule has 32 heavy (non-hydrogen) atoms. The minimum atomic E-state index is -3.41. The molecule has 6 nitrogen and oxygen atoms in total. The molecule has 0 aromatic heterocycles. The van der Waals surface area contributed by atoms with Gasteiger partial charge in [-0.25, -0.2) is 0 Å². The molecule has 0 amide bonds. The molecule has 0 heterocycles. The van der Waals surface area contributed by atoms with Gasteiger partial charge in [0.1, 0.15) is 0 Å². The van der Waals surface area contributed by atoms with Gasteiger partial charge in [-0.3, -0.25) is 0 Å². The standard InChI is InChI=1S/C21H36O6Si5/c1-9-31(8,25-29(4,5)23)27-32(20-16-12-10-13-17-20,21-18-14-11-15-19-21)26-30(6,7)24-28(2,3)22/h9-19,22-23H,1H2,2-8H3. The van der Waals surface area contributed by atoms with Crippen molar-refractivity contribution in [2.45, 2.75) is 45.8 Å². The predicted octanol–water partition coefficient (Wildman–Crippen LogP) is 3.20. The highest BCUT2D eigenvalue weighted by Gasteiger charge is 2.54. The van der Waals surface area contributed by atoms with Crippen LogP contribution in [0.3, 0.4) is 0 Å². The van der Waals surface area contributed by atoms with Crippen LogP contribution in [0.4, 0.5) is 0 Å². The highest BCUT2D eigenvalue weighted by molar-refractivity contribution is 7.03. The van der Waals surface area contributed by atoms with Gasteiger partial charge in [0.15, 0.2) is 0 Å². The Hall–Kier alpha value is -0.976. The van der Waals surface area contributed by atoms with Crippen LogP contribution in [0.2, 0.25) is 45.8 Å². The van der Waals surface area contributed by atoms with E-state index in [0.29, 0.717) is 0 Å². The first-order valence-electron chi connectivity index (χ1n) is 10.6. The molecule has 0 aliphatic carbocycles. The lowest BCUT2D eigenvalue weighted by Crippen LogP contribution is -2.72. The number of hydrogen-bond acceptors (Lipinski definition) is 6. The highest BCUT2D eigenvalue weighted by atomic mass is 28.5. The normalized spacial score (nSPS) is 15.3. The quantitative estimate of drug-likeness (QED) is 0.440. The summed E-state index contributed by atoms with van der Waals surface area (Å²) in [5.41, 5.74) is 1.69. The zero-order valence-electron chi connectivity index (χ0n) is 20.1. The fourth-order valence-electron chi connectivity index (χ4n) is 3.59. The summed E-state index contributed by atoms with van der Waals surface area (Å²) < 4.78 is 26.2. The van der Waals surface area contributed by atoms with E-state index in [2.05, 4.69) is 6.58 Å². The molecule has 0 spiro atoms. The van der Waals surface area contributed by atoms with Crippen molar-refractivity contribution in [2.24, 2.45) is 0 Å². The molecular formula is C21H36O6Si5. The van der Waals surface area contributed by atoms with Crippen molar-refractivity contribution in [1.82, 2.24) is 0 Å². The molecule has 2 aromatic rings. The van der Waals surface area contributed by atoms with Gasteiger partial charge in [0.25, 0.3) is 0 Å². The lowest BCUT2D eigenvalue weighted by atomic mass is 10.4. The third kappa shape index (κ3) is 7.81. The van der Waals surface area contributed by atoms with Crippen LogP contribution in [-0.4, -0.2) is 52.4 Å². The summed E-state index contributed by atoms with van der Waals surface area (Å²) in [6, 6.07) is 19.7. The van der Waals surface area contributed by atoms with Gasteiger partial charge in [-0.15, -0.1) is 6.58 Å². The number of hydrogen-bond donors (Lipinski definition) is 2. The van der Waals surface area contributed by atoms with E-state index in [1.165, 1.54) is 0 Å². The summed E-state index contributed by atoms with van der Waals surface area (Å²) >= 11 is 0. The van der Waals surface area contributed by atoms with Gasteiger partial charge in [0, 0.05) is 0 Å². The molecule has 0 saturated heterocycles. The van der Waals surface area contributed by atoms with Gasteiger partial charge in [-0.1, -0.05) is 66.4 Å². The molecular weight excluding hydrogens is 489 g/mol. The average molecular weight is 525 g/mol. The first-order valence-corrected chi connectivity index (χ1v) is 23.3. The predicted molar refractivity (Wildman–Crippen MR) is 141 cm³/mol. The van der Waals surface area contributed by atoms with Gasteiger partial charge in [0.2, 0.25) is 0 Å². The molecule has 2 N–H and O–H groups in total. The van der Waals surface area contributed by atoms with Gasteiger partial charge in [-0.2, -0.15) is 0 Å². The maximum atomic E-state index is 10.6. The van der Waals surface area contributed by atoms with E-state index in [1.807, 2.05) is 80.3 Å². The molecule has 2 aromatic carbocycles. The Balaban J connectivity index is 2.74. The number of benzene rings is 2. The van der Waals surface area contributed by atoms with E-state index in [-0.39, 0.29) is 0 Å². The van der Waals surface area contributed by atoms with Crippen LogP contribution in [0.25, 0.3) is 0 Å². The molecule has 0 fully saturated rings. The number of rotatable bonds is 11. The van der Waals surface area contributed by atoms with Crippen molar-refractivity contribution in [3.05, 3.63) is 72.9 Å². The van der Waals surface area contributed by atoms with Gasteiger partial charge in [-0.05, 0) is 56.2 Å². The largest absolute Gasteiger partial charge is 0.415 e. The van der Waals surface area contributed by atoms with Crippen LogP contribution >= 0.6 is 0 Å². The second kappa shape index (κ2) is 10.1. The second-order valence-corrected chi connectivity index (χ2v) is 26.0. The van der Waals surface area contributed by atoms with Crippen LogP contribution < -0.4 is 10.4 Å². The Labute approximate surface area is 197 Å². The maximum Gasteiger partial charge on any atom is 0.389 e. The van der Waals surface area contributed by atoms with Crippen molar-refractivity contribution < 1.29 is 26.1 Å². The van der Waals surface area contributed by atoms with Crippen LogP contribution in [0.5, 0.6) is 0 Å². The van der Waals surface area contributed by atoms with Crippen LogP contribution in [-0.2, 0) is 16.5 Å². The molecule has 1 atom stereocenters. The topological polar surface area (TPSA) is 77.4 Å². The second-order valence-electron chi connectivity index (χ2n) is 9.27. The van der Waals surface area contributed by atoms with E-state index in [1.54, 1.807) is 31.9 Å². The van der Waals surface area contributed by atoms with Crippen molar-refractivity contribution >= 4 is 53.2 Å². The molecule has 0 saturated carbocycles. The van der Waals surface area contributed by atoms with E-state index < -0.39 is 42.8 Å². The van der Waals surface area contributed by atoms with Gasteiger partial charge in [0.05, 0.1) is 0 Å². The van der Waals surface area contributed by atoms with Crippen molar-refractivity contribution in [3.63, 3.8) is 0 Å². The van der Waals surface area contributed by atoms with Crippen molar-refractivity contribution in [3.8, 4) is 0 Å². The Morgan fingerprint density at radius 3 is 1.38 bits per heavy atom. The van der Waals surface area contributed by atoms with E-state index in [9.17, 15) is 9.59 Å². The van der Waals surface area contributed by atoms with E-state index in [4.69, 9.17) is 16.5 Å². The molecule has 0 aliphatic heterocycles. The first-order chi connectivity index (χ1) is 14.6. The van der Waals surface area contributed by atoms with Gasteiger partial charge >= 0.3 is 42.8 Å². The zero-order valence-corrected chi connectivity index (χ0v) is 25.1. The monoisotopic (exact) mass is 524 g/mol. The van der Waals surface area contributed by atoms with Crippen LogP contribution in [0, 0.1) is 0 Å². The Morgan fingerprint density at radius 1 is 0.625 bits per heavy atom. The minimum Gasteiger partial charge on any atom is -0.415 e. The van der Waals surface area contributed by atoms with Crippen LogP contribution in [0.15, 0.2) is 72.9 Å². The lowest BCUT2D eigenvalue weighted by molar-refractivity contribution is 0.279. The summed E-state index contributed by atoms with van der Waals surface area (Å²) in [6.45, 7) is 16.6. The van der Waals surface area contributed by atoms with E-state index >= 15 is 0 Å². The molecule has 0 aliphatic rings. The molecule has 0 radical (unpaired) electrons. The molecule has 2 rings (SSSR count). The fraction of sp³-hybridized carbons (Fsp3) is 0.333. The Kier molecular flexibility index (Phi) is 8.61.